The molecule has 0 unspecified atom stereocenters. The van der Waals surface area contributed by atoms with Crippen LogP contribution in [0.1, 0.15) is 11.1 Å². The Hall–Kier alpha value is -1.81. The number of likely N-dealkylation sites (N-methyl/N-ethyl adjacent to an activating group) is 1. The summed E-state index contributed by atoms with van der Waals surface area (Å²) in [4.78, 5) is 13.0. The topological polar surface area (TPSA) is 52.6 Å². The first kappa shape index (κ1) is 19.2. The van der Waals surface area contributed by atoms with E-state index in [1.807, 2.05) is 5.32 Å². The van der Waals surface area contributed by atoms with Crippen molar-refractivity contribution in [2.75, 3.05) is 32.1 Å². The Morgan fingerprint density at radius 1 is 1.09 bits per heavy atom. The fourth-order valence-corrected chi connectivity index (χ4v) is 1.72. The highest BCUT2D eigenvalue weighted by Gasteiger charge is 2.37. The van der Waals surface area contributed by atoms with Crippen molar-refractivity contribution in [1.29, 1.82) is 0 Å². The number of hydrogen-bond acceptors (Lipinski definition) is 3. The van der Waals surface area contributed by atoms with Crippen LogP contribution in [-0.2, 0) is 17.1 Å². The average Bonchev–Trinajstić information content (AvgIpc) is 2.36. The Bertz CT molecular complexity index is 524. The van der Waals surface area contributed by atoms with E-state index in [1.165, 1.54) is 11.9 Å². The van der Waals surface area contributed by atoms with Crippen molar-refractivity contribution < 1.29 is 36.2 Å². The maximum Gasteiger partial charge on any atom is 0.416 e. The zero-order chi connectivity index (χ0) is 17.8. The fraction of sp³-hybridized carbons (Fsp3) is 0.462. The third-order valence-electron chi connectivity index (χ3n) is 2.77. The van der Waals surface area contributed by atoms with Crippen molar-refractivity contribution >= 4 is 11.6 Å². The van der Waals surface area contributed by atoms with E-state index < -0.39 is 35.1 Å². The van der Waals surface area contributed by atoms with Crippen LogP contribution >= 0.6 is 0 Å². The van der Waals surface area contributed by atoms with Crippen LogP contribution in [0, 0.1) is 0 Å². The molecule has 130 valence electrons. The van der Waals surface area contributed by atoms with E-state index >= 15 is 0 Å². The highest BCUT2D eigenvalue weighted by molar-refractivity contribution is 5.92. The Kier molecular flexibility index (Phi) is 6.00. The van der Waals surface area contributed by atoms with Gasteiger partial charge in [-0.2, -0.15) is 26.3 Å². The van der Waals surface area contributed by atoms with Crippen LogP contribution in [0.2, 0.25) is 0 Å². The predicted octanol–water partition coefficient (Wildman–Crippen LogP) is 2.59. The second-order valence-corrected chi connectivity index (χ2v) is 4.80. The summed E-state index contributed by atoms with van der Waals surface area (Å²) in [6.45, 7) is -0.409. The number of nitrogens with zero attached hydrogens (tertiary/aromatic N) is 1. The first-order valence-corrected chi connectivity index (χ1v) is 6.32. The van der Waals surface area contributed by atoms with Crippen LogP contribution in [0.5, 0.6) is 0 Å². The Morgan fingerprint density at radius 3 is 1.96 bits per heavy atom. The van der Waals surface area contributed by atoms with E-state index in [-0.39, 0.29) is 25.8 Å². The Morgan fingerprint density at radius 2 is 1.57 bits per heavy atom. The van der Waals surface area contributed by atoms with E-state index in [9.17, 15) is 31.1 Å². The van der Waals surface area contributed by atoms with Gasteiger partial charge in [-0.05, 0) is 25.2 Å². The molecule has 0 atom stereocenters. The number of halogens is 6. The zero-order valence-corrected chi connectivity index (χ0v) is 11.9. The van der Waals surface area contributed by atoms with Gasteiger partial charge in [0, 0.05) is 12.2 Å². The second-order valence-electron chi connectivity index (χ2n) is 4.80. The van der Waals surface area contributed by atoms with Gasteiger partial charge >= 0.3 is 12.4 Å². The summed E-state index contributed by atoms with van der Waals surface area (Å²) in [5, 5.41) is 10.7. The number of amides is 1. The summed E-state index contributed by atoms with van der Waals surface area (Å²) in [5.41, 5.74) is -3.62. The summed E-state index contributed by atoms with van der Waals surface area (Å²) in [7, 11) is 1.46. The molecule has 4 nitrogen and oxygen atoms in total. The van der Waals surface area contributed by atoms with E-state index in [2.05, 4.69) is 0 Å². The number of carbonyl (C=O) groups is 1. The lowest BCUT2D eigenvalue weighted by molar-refractivity contribution is -0.143. The van der Waals surface area contributed by atoms with Crippen LogP contribution in [-0.4, -0.2) is 42.7 Å². The van der Waals surface area contributed by atoms with Crippen molar-refractivity contribution in [3.05, 3.63) is 29.3 Å². The second kappa shape index (κ2) is 7.18. The lowest BCUT2D eigenvalue weighted by Crippen LogP contribution is -2.32. The first-order valence-electron chi connectivity index (χ1n) is 6.32. The third kappa shape index (κ3) is 6.06. The molecule has 0 saturated heterocycles. The van der Waals surface area contributed by atoms with Crippen molar-refractivity contribution in [3.63, 3.8) is 0 Å². The minimum absolute atomic E-state index is 0.0203. The first-order chi connectivity index (χ1) is 10.4. The average molecular weight is 344 g/mol. The van der Waals surface area contributed by atoms with E-state index in [1.54, 1.807) is 0 Å². The number of anilines is 1. The van der Waals surface area contributed by atoms with Gasteiger partial charge in [-0.25, -0.2) is 0 Å². The molecule has 1 aromatic carbocycles. The van der Waals surface area contributed by atoms with Crippen molar-refractivity contribution in [2.45, 2.75) is 12.4 Å². The predicted molar refractivity (Wildman–Crippen MR) is 69.7 cm³/mol. The molecule has 0 bridgehead atoms. The highest BCUT2D eigenvalue weighted by atomic mass is 19.4. The molecule has 0 aromatic heterocycles. The van der Waals surface area contributed by atoms with Crippen LogP contribution in [0.15, 0.2) is 18.2 Å². The number of rotatable bonds is 5. The molecule has 10 heteroatoms. The summed E-state index contributed by atoms with van der Waals surface area (Å²) in [6.07, 6.45) is -9.96. The number of alkyl halides is 6. The molecule has 2 N–H and O–H groups in total. The molecule has 0 heterocycles. The lowest BCUT2D eigenvalue weighted by Gasteiger charge is -2.17. The van der Waals surface area contributed by atoms with Gasteiger partial charge in [-0.1, -0.05) is 0 Å². The zero-order valence-electron chi connectivity index (χ0n) is 11.9. The van der Waals surface area contributed by atoms with Gasteiger partial charge in [0.2, 0.25) is 5.91 Å². The van der Waals surface area contributed by atoms with Crippen LogP contribution < -0.4 is 5.32 Å². The molecule has 0 saturated carbocycles. The maximum absolute atomic E-state index is 12.7. The van der Waals surface area contributed by atoms with E-state index in [0.29, 0.717) is 12.1 Å². The van der Waals surface area contributed by atoms with Crippen molar-refractivity contribution in [2.24, 2.45) is 0 Å². The standard InChI is InChI=1S/C13H14F6N2O2/c1-21(2-3-22)7-11(23)20-10-5-8(12(14,15)16)4-9(6-10)13(17,18)19/h4-6,22H,2-3,7H2,1H3,(H,20,23). The molecule has 1 rings (SSSR count). The van der Waals surface area contributed by atoms with Gasteiger partial charge in [0.1, 0.15) is 0 Å². The molecular weight excluding hydrogens is 330 g/mol. The van der Waals surface area contributed by atoms with Gasteiger partial charge in [0.05, 0.1) is 24.3 Å². The van der Waals surface area contributed by atoms with Crippen molar-refractivity contribution in [3.8, 4) is 0 Å². The van der Waals surface area contributed by atoms with Gasteiger partial charge in [-0.3, -0.25) is 9.69 Å². The van der Waals surface area contributed by atoms with Crippen LogP contribution in [0.4, 0.5) is 32.0 Å². The van der Waals surface area contributed by atoms with Gasteiger partial charge < -0.3 is 10.4 Å². The summed E-state index contributed by atoms with van der Waals surface area (Å²) in [5.74, 6) is -0.798. The van der Waals surface area contributed by atoms with Crippen LogP contribution in [0.25, 0.3) is 0 Å². The number of hydrogen-bond donors (Lipinski definition) is 2. The maximum atomic E-state index is 12.7. The third-order valence-corrected chi connectivity index (χ3v) is 2.77. The molecule has 0 aliphatic carbocycles. The van der Waals surface area contributed by atoms with Gasteiger partial charge in [0.15, 0.2) is 0 Å². The number of carbonyl (C=O) groups excluding carboxylic acids is 1. The summed E-state index contributed by atoms with van der Waals surface area (Å²) < 4.78 is 76.0. The van der Waals surface area contributed by atoms with Gasteiger partial charge in [-0.15, -0.1) is 0 Å². The van der Waals surface area contributed by atoms with E-state index in [0.717, 1.165) is 0 Å². The minimum Gasteiger partial charge on any atom is -0.395 e. The van der Waals surface area contributed by atoms with Crippen molar-refractivity contribution in [1.82, 2.24) is 4.90 Å². The summed E-state index contributed by atoms with van der Waals surface area (Å²) in [6, 6.07) is 0.839. The SMILES string of the molecule is CN(CCO)CC(=O)Nc1cc(C(F)(F)F)cc(C(F)(F)F)c1. The number of aliphatic hydroxyl groups excluding tert-OH is 1. The molecule has 0 radical (unpaired) electrons. The smallest absolute Gasteiger partial charge is 0.395 e. The monoisotopic (exact) mass is 344 g/mol. The van der Waals surface area contributed by atoms with E-state index in [4.69, 9.17) is 5.11 Å². The Balaban J connectivity index is 3.04. The molecule has 0 spiro atoms. The largest absolute Gasteiger partial charge is 0.416 e. The lowest BCUT2D eigenvalue weighted by atomic mass is 10.1. The van der Waals surface area contributed by atoms with Crippen LogP contribution in [0.3, 0.4) is 0 Å². The molecule has 1 aromatic rings. The molecular formula is C13H14F6N2O2. The minimum atomic E-state index is -4.98. The summed E-state index contributed by atoms with van der Waals surface area (Å²) >= 11 is 0. The molecule has 1 amide bonds. The van der Waals surface area contributed by atoms with Gasteiger partial charge in [0.25, 0.3) is 0 Å². The molecule has 0 fully saturated rings. The number of aliphatic hydroxyl groups is 1. The number of benzene rings is 1. The highest BCUT2D eigenvalue weighted by Crippen LogP contribution is 2.37. The number of nitrogens with one attached hydrogen (secondary N) is 1. The molecule has 0 aliphatic heterocycles. The quantitative estimate of drug-likeness (QED) is 0.808. The fourth-order valence-electron chi connectivity index (χ4n) is 1.72. The molecule has 23 heavy (non-hydrogen) atoms. The normalized spacial score (nSPS) is 12.6. The Labute approximate surface area is 127 Å². The molecule has 0 aliphatic rings.